The molecule has 0 aromatic rings. The number of unbranched alkanes of at least 4 members (excludes halogenated alkanes) is 22. The Morgan fingerprint density at radius 2 is 0.760 bits per heavy atom. The summed E-state index contributed by atoms with van der Waals surface area (Å²) < 4.78 is 16.6. The Labute approximate surface area is 310 Å². The predicted molar refractivity (Wildman–Crippen MR) is 210 cm³/mol. The standard InChI is InChI=1S/C44H84O6/c1-6-8-9-10-11-14-19-26-31-36-44(47)50-41(38-49-43(46)35-30-25-21-20-22-27-32-39(3)4)37-48-42(45)34-29-24-18-16-13-12-15-17-23-28-33-40(5)7-2/h39-41H,6-38H2,1-5H3/t40?,41-/m0/s1. The first kappa shape index (κ1) is 48.4. The van der Waals surface area contributed by atoms with Crippen LogP contribution in [0.15, 0.2) is 0 Å². The summed E-state index contributed by atoms with van der Waals surface area (Å²) in [6, 6.07) is 0. The van der Waals surface area contributed by atoms with Crippen molar-refractivity contribution in [3.63, 3.8) is 0 Å². The lowest BCUT2D eigenvalue weighted by Crippen LogP contribution is -2.30. The highest BCUT2D eigenvalue weighted by molar-refractivity contribution is 5.71. The maximum atomic E-state index is 12.6. The second-order valence-electron chi connectivity index (χ2n) is 15.7. The second kappa shape index (κ2) is 37.2. The molecule has 1 unspecified atom stereocenters. The maximum Gasteiger partial charge on any atom is 0.306 e. The second-order valence-corrected chi connectivity index (χ2v) is 15.7. The van der Waals surface area contributed by atoms with Crippen molar-refractivity contribution in [3.8, 4) is 0 Å². The molecular weight excluding hydrogens is 624 g/mol. The van der Waals surface area contributed by atoms with Crippen LogP contribution in [0.5, 0.6) is 0 Å². The van der Waals surface area contributed by atoms with Crippen LogP contribution < -0.4 is 0 Å². The lowest BCUT2D eigenvalue weighted by molar-refractivity contribution is -0.167. The Kier molecular flexibility index (Phi) is 36.0. The van der Waals surface area contributed by atoms with Crippen molar-refractivity contribution in [2.45, 2.75) is 240 Å². The fourth-order valence-corrected chi connectivity index (χ4v) is 6.37. The molecule has 0 heterocycles. The highest BCUT2D eigenvalue weighted by atomic mass is 16.6. The predicted octanol–water partition coefficient (Wildman–Crippen LogP) is 13.4. The summed E-state index contributed by atoms with van der Waals surface area (Å²) in [6.07, 6.45) is 33.8. The first-order valence-electron chi connectivity index (χ1n) is 21.8. The molecule has 0 amide bonds. The zero-order chi connectivity index (χ0) is 36.9. The zero-order valence-corrected chi connectivity index (χ0v) is 34.0. The smallest absolute Gasteiger partial charge is 0.306 e. The minimum Gasteiger partial charge on any atom is -0.462 e. The zero-order valence-electron chi connectivity index (χ0n) is 34.0. The van der Waals surface area contributed by atoms with Gasteiger partial charge in [-0.3, -0.25) is 14.4 Å². The van der Waals surface area contributed by atoms with E-state index in [0.29, 0.717) is 19.3 Å². The number of rotatable bonds is 38. The summed E-state index contributed by atoms with van der Waals surface area (Å²) in [5.41, 5.74) is 0. The Morgan fingerprint density at radius 1 is 0.420 bits per heavy atom. The maximum absolute atomic E-state index is 12.6. The molecule has 0 aromatic heterocycles. The van der Waals surface area contributed by atoms with Crippen molar-refractivity contribution in [2.75, 3.05) is 13.2 Å². The number of hydrogen-bond acceptors (Lipinski definition) is 6. The molecule has 50 heavy (non-hydrogen) atoms. The number of ether oxygens (including phenoxy) is 3. The van der Waals surface area contributed by atoms with Gasteiger partial charge >= 0.3 is 17.9 Å². The van der Waals surface area contributed by atoms with Crippen LogP contribution in [-0.2, 0) is 28.6 Å². The molecule has 0 aliphatic rings. The van der Waals surface area contributed by atoms with Crippen LogP contribution in [0.25, 0.3) is 0 Å². The van der Waals surface area contributed by atoms with Gasteiger partial charge < -0.3 is 14.2 Å². The monoisotopic (exact) mass is 709 g/mol. The van der Waals surface area contributed by atoms with Crippen molar-refractivity contribution in [2.24, 2.45) is 11.8 Å². The molecule has 0 rings (SSSR count). The molecule has 0 aromatic carbocycles. The molecule has 296 valence electrons. The first-order valence-corrected chi connectivity index (χ1v) is 21.8. The fourth-order valence-electron chi connectivity index (χ4n) is 6.37. The van der Waals surface area contributed by atoms with Gasteiger partial charge in [-0.25, -0.2) is 0 Å². The topological polar surface area (TPSA) is 78.9 Å². The minimum absolute atomic E-state index is 0.0661. The molecule has 6 heteroatoms. The Balaban J connectivity index is 4.31. The molecule has 2 atom stereocenters. The van der Waals surface area contributed by atoms with E-state index < -0.39 is 6.10 Å². The van der Waals surface area contributed by atoms with E-state index in [1.165, 1.54) is 122 Å². The summed E-state index contributed by atoms with van der Waals surface area (Å²) in [7, 11) is 0. The number of hydrogen-bond donors (Lipinski definition) is 0. The van der Waals surface area contributed by atoms with E-state index in [-0.39, 0.29) is 31.1 Å². The molecule has 0 spiro atoms. The van der Waals surface area contributed by atoms with Gasteiger partial charge in [0, 0.05) is 19.3 Å². The summed E-state index contributed by atoms with van der Waals surface area (Å²) in [5.74, 6) is 0.766. The van der Waals surface area contributed by atoms with Gasteiger partial charge in [0.1, 0.15) is 13.2 Å². The van der Waals surface area contributed by atoms with Gasteiger partial charge in [-0.1, -0.05) is 195 Å². The highest BCUT2D eigenvalue weighted by Crippen LogP contribution is 2.17. The molecule has 0 fully saturated rings. The summed E-state index contributed by atoms with van der Waals surface area (Å²) >= 11 is 0. The normalized spacial score (nSPS) is 12.6. The fraction of sp³-hybridized carbons (Fsp3) is 0.932. The van der Waals surface area contributed by atoms with Crippen LogP contribution in [0.1, 0.15) is 234 Å². The lowest BCUT2D eigenvalue weighted by atomic mass is 9.99. The third-order valence-corrected chi connectivity index (χ3v) is 10.1. The minimum atomic E-state index is -0.759. The van der Waals surface area contributed by atoms with Crippen molar-refractivity contribution >= 4 is 17.9 Å². The molecule has 0 saturated heterocycles. The number of esters is 3. The summed E-state index contributed by atoms with van der Waals surface area (Å²) in [5, 5.41) is 0. The van der Waals surface area contributed by atoms with Gasteiger partial charge in [-0.05, 0) is 31.1 Å². The molecule has 6 nitrogen and oxygen atoms in total. The average Bonchev–Trinajstić information content (AvgIpc) is 3.09. The Morgan fingerprint density at radius 3 is 1.14 bits per heavy atom. The number of carbonyl (C=O) groups excluding carboxylic acids is 3. The Bertz CT molecular complexity index is 766. The molecule has 0 radical (unpaired) electrons. The third kappa shape index (κ3) is 36.2. The molecule has 0 aliphatic carbocycles. The SMILES string of the molecule is CCCCCCCCCCCC(=O)O[C@@H](COC(=O)CCCCCCCCCCCCC(C)CC)COC(=O)CCCCCCCCC(C)C. The molecule has 0 bridgehead atoms. The van der Waals surface area contributed by atoms with E-state index in [0.717, 1.165) is 69.6 Å². The van der Waals surface area contributed by atoms with Crippen molar-refractivity contribution < 1.29 is 28.6 Å². The van der Waals surface area contributed by atoms with E-state index in [2.05, 4.69) is 34.6 Å². The van der Waals surface area contributed by atoms with Crippen LogP contribution >= 0.6 is 0 Å². The van der Waals surface area contributed by atoms with Crippen LogP contribution in [0.3, 0.4) is 0 Å². The van der Waals surface area contributed by atoms with E-state index in [9.17, 15) is 14.4 Å². The van der Waals surface area contributed by atoms with Gasteiger partial charge in [-0.2, -0.15) is 0 Å². The first-order chi connectivity index (χ1) is 24.3. The van der Waals surface area contributed by atoms with Gasteiger partial charge in [0.15, 0.2) is 6.10 Å². The van der Waals surface area contributed by atoms with Gasteiger partial charge in [0.25, 0.3) is 0 Å². The van der Waals surface area contributed by atoms with Crippen LogP contribution in [-0.4, -0.2) is 37.2 Å². The van der Waals surface area contributed by atoms with E-state index in [1.807, 2.05) is 0 Å². The third-order valence-electron chi connectivity index (χ3n) is 10.1. The van der Waals surface area contributed by atoms with Crippen molar-refractivity contribution in [1.29, 1.82) is 0 Å². The van der Waals surface area contributed by atoms with Gasteiger partial charge in [0.2, 0.25) is 0 Å². The summed E-state index contributed by atoms with van der Waals surface area (Å²) in [6.45, 7) is 11.3. The van der Waals surface area contributed by atoms with Crippen LogP contribution in [0.2, 0.25) is 0 Å². The highest BCUT2D eigenvalue weighted by Gasteiger charge is 2.19. The van der Waals surface area contributed by atoms with Gasteiger partial charge in [0.05, 0.1) is 0 Å². The van der Waals surface area contributed by atoms with E-state index in [4.69, 9.17) is 14.2 Å². The Hall–Kier alpha value is -1.59. The quantitative estimate of drug-likeness (QED) is 0.0361. The van der Waals surface area contributed by atoms with Crippen molar-refractivity contribution in [3.05, 3.63) is 0 Å². The number of carbonyl (C=O) groups is 3. The van der Waals surface area contributed by atoms with Crippen LogP contribution in [0.4, 0.5) is 0 Å². The summed E-state index contributed by atoms with van der Waals surface area (Å²) in [4.78, 5) is 37.5. The molecule has 0 saturated carbocycles. The van der Waals surface area contributed by atoms with Crippen molar-refractivity contribution in [1.82, 2.24) is 0 Å². The molecule has 0 N–H and O–H groups in total. The van der Waals surface area contributed by atoms with Gasteiger partial charge in [-0.15, -0.1) is 0 Å². The molecular formula is C44H84O6. The van der Waals surface area contributed by atoms with E-state index in [1.54, 1.807) is 0 Å². The average molecular weight is 709 g/mol. The van der Waals surface area contributed by atoms with E-state index >= 15 is 0 Å². The van der Waals surface area contributed by atoms with Crippen LogP contribution in [0, 0.1) is 11.8 Å². The largest absolute Gasteiger partial charge is 0.462 e. The lowest BCUT2D eigenvalue weighted by Gasteiger charge is -2.18. The molecule has 0 aliphatic heterocycles.